The van der Waals surface area contributed by atoms with Crippen molar-refractivity contribution in [3.63, 3.8) is 0 Å². The third-order valence-corrected chi connectivity index (χ3v) is 5.79. The molecule has 1 aromatic heterocycles. The predicted molar refractivity (Wildman–Crippen MR) is 117 cm³/mol. The number of thioether (sulfide) groups is 1. The quantitative estimate of drug-likeness (QED) is 0.200. The molecule has 2 aromatic carbocycles. The van der Waals surface area contributed by atoms with Gasteiger partial charge in [-0.2, -0.15) is 0 Å². The van der Waals surface area contributed by atoms with Gasteiger partial charge < -0.3 is 5.11 Å². The lowest BCUT2D eigenvalue weighted by atomic mass is 10.0. The van der Waals surface area contributed by atoms with Gasteiger partial charge in [0.25, 0.3) is 6.17 Å². The van der Waals surface area contributed by atoms with Crippen molar-refractivity contribution in [2.75, 3.05) is 10.7 Å². The number of aromatic nitrogens is 3. The minimum absolute atomic E-state index is 0.210. The number of nitrogens with zero attached hydrogens (tertiary/aromatic N) is 4. The number of hydrogen-bond acceptors (Lipinski definition) is 7. The van der Waals surface area contributed by atoms with Crippen LogP contribution in [0, 0.1) is 10.1 Å². The van der Waals surface area contributed by atoms with E-state index in [1.165, 1.54) is 46.5 Å². The number of carbonyl (C=O) groups is 1. The highest BCUT2D eigenvalue weighted by molar-refractivity contribution is 7.99. The van der Waals surface area contributed by atoms with Gasteiger partial charge in [0, 0.05) is 23.8 Å². The molecule has 11 heteroatoms. The number of phenolic OH excluding ortho intramolecular Hbond substituents is 1. The summed E-state index contributed by atoms with van der Waals surface area (Å²) in [6.45, 7) is 5.03. The van der Waals surface area contributed by atoms with Gasteiger partial charge in [-0.25, -0.2) is 4.90 Å². The summed E-state index contributed by atoms with van der Waals surface area (Å²) in [4.78, 5) is 40.7. The summed E-state index contributed by atoms with van der Waals surface area (Å²) in [7, 11) is 0. The minimum Gasteiger partial charge on any atom is -0.502 e. The number of para-hydroxylation sites is 1. The van der Waals surface area contributed by atoms with Crippen molar-refractivity contribution < 1.29 is 19.5 Å². The standard InChI is InChI=1S/C21H17N5O5S/c1-3-10-32-21-22-19(29)18-14-6-4-5-7-15(14)24(12(2)27)20(25(18)23-21)13-8-9-17(28)16(11-13)26(30)31/h3-9,11,20H,1,10H2,2H3,(H-,22,23,28,29)/p+1/t20-/m1/s1. The van der Waals surface area contributed by atoms with Crippen molar-refractivity contribution in [3.8, 4) is 17.0 Å². The van der Waals surface area contributed by atoms with Crippen molar-refractivity contribution in [3.05, 3.63) is 81.2 Å². The molecule has 0 spiro atoms. The van der Waals surface area contributed by atoms with E-state index in [-0.39, 0.29) is 11.6 Å². The average molecular weight is 452 g/mol. The number of nitro groups is 1. The second-order valence-corrected chi connectivity index (χ2v) is 7.95. The van der Waals surface area contributed by atoms with E-state index >= 15 is 0 Å². The van der Waals surface area contributed by atoms with Crippen LogP contribution in [0.1, 0.15) is 18.7 Å². The van der Waals surface area contributed by atoms with Gasteiger partial charge in [-0.05, 0) is 28.9 Å². The molecular formula is C21H18N5O5S+. The normalized spacial score (nSPS) is 14.4. The Kier molecular flexibility index (Phi) is 5.49. The number of benzene rings is 2. The van der Waals surface area contributed by atoms with E-state index < -0.39 is 28.1 Å². The first-order valence-corrected chi connectivity index (χ1v) is 10.5. The summed E-state index contributed by atoms with van der Waals surface area (Å²) in [5.74, 6) is -0.362. The fourth-order valence-electron chi connectivity index (χ4n) is 3.66. The number of rotatable bonds is 5. The number of anilines is 1. The Morgan fingerprint density at radius 1 is 1.41 bits per heavy atom. The van der Waals surface area contributed by atoms with Gasteiger partial charge in [0.2, 0.25) is 11.1 Å². The lowest BCUT2D eigenvalue weighted by Gasteiger charge is -2.31. The zero-order chi connectivity index (χ0) is 23.0. The molecule has 10 nitrogen and oxygen atoms in total. The van der Waals surface area contributed by atoms with Crippen LogP contribution in [-0.2, 0) is 4.79 Å². The third kappa shape index (κ3) is 3.52. The largest absolute Gasteiger partial charge is 0.502 e. The Balaban J connectivity index is 2.05. The second-order valence-electron chi connectivity index (χ2n) is 6.94. The van der Waals surface area contributed by atoms with Gasteiger partial charge in [-0.3, -0.25) is 24.7 Å². The summed E-state index contributed by atoms with van der Waals surface area (Å²) in [6, 6.07) is 10.7. The molecule has 1 amide bonds. The molecule has 1 aliphatic heterocycles. The molecule has 0 saturated heterocycles. The Bertz CT molecular complexity index is 1320. The average Bonchev–Trinajstić information content (AvgIpc) is 2.76. The second kappa shape index (κ2) is 8.27. The predicted octanol–water partition coefficient (Wildman–Crippen LogP) is 2.53. The number of aromatic hydroxyl groups is 1. The maximum atomic E-state index is 13.1. The van der Waals surface area contributed by atoms with E-state index in [9.17, 15) is 24.8 Å². The molecule has 32 heavy (non-hydrogen) atoms. The minimum atomic E-state index is -0.984. The van der Waals surface area contributed by atoms with Gasteiger partial charge in [-0.1, -0.05) is 30.0 Å². The van der Waals surface area contributed by atoms with Gasteiger partial charge in [0.1, 0.15) is 0 Å². The van der Waals surface area contributed by atoms with Crippen LogP contribution < -0.4 is 15.1 Å². The highest BCUT2D eigenvalue weighted by Gasteiger charge is 2.45. The molecule has 0 unspecified atom stereocenters. The maximum Gasteiger partial charge on any atom is 0.325 e. The molecule has 1 atom stereocenters. The molecule has 4 rings (SSSR count). The summed E-state index contributed by atoms with van der Waals surface area (Å²) in [5, 5.41) is 26.2. The van der Waals surface area contributed by atoms with Crippen LogP contribution in [0.25, 0.3) is 11.3 Å². The van der Waals surface area contributed by atoms with Crippen molar-refractivity contribution in [2.45, 2.75) is 18.2 Å². The maximum absolute atomic E-state index is 13.1. The fraction of sp³-hybridized carbons (Fsp3) is 0.143. The number of H-pyrrole nitrogens is 1. The number of aromatic amines is 1. The van der Waals surface area contributed by atoms with Gasteiger partial charge in [-0.15, -0.1) is 6.58 Å². The zero-order valence-electron chi connectivity index (χ0n) is 16.9. The van der Waals surface area contributed by atoms with Crippen LogP contribution in [0.2, 0.25) is 0 Å². The third-order valence-electron chi connectivity index (χ3n) is 4.93. The van der Waals surface area contributed by atoms with Crippen LogP contribution in [0.15, 0.2) is 65.1 Å². The molecule has 0 saturated carbocycles. The molecule has 3 aromatic rings. The molecule has 0 bridgehead atoms. The van der Waals surface area contributed by atoms with Gasteiger partial charge in [0.05, 0.1) is 21.7 Å². The molecule has 162 valence electrons. The molecule has 1 aliphatic rings. The first-order chi connectivity index (χ1) is 15.3. The Morgan fingerprint density at radius 3 is 2.84 bits per heavy atom. The summed E-state index contributed by atoms with van der Waals surface area (Å²) in [5.41, 5.74) is 0.560. The Hall–Kier alpha value is -3.99. The van der Waals surface area contributed by atoms with Gasteiger partial charge >= 0.3 is 16.9 Å². The molecular weight excluding hydrogens is 434 g/mol. The highest BCUT2D eigenvalue weighted by Crippen LogP contribution is 2.39. The number of carbonyl (C=O) groups excluding carboxylic acids is 1. The van der Waals surface area contributed by atoms with Gasteiger partial charge in [0.15, 0.2) is 5.75 Å². The number of nitrogens with one attached hydrogen (secondary N) is 1. The van der Waals surface area contributed by atoms with Crippen molar-refractivity contribution >= 4 is 29.0 Å². The van der Waals surface area contributed by atoms with Crippen LogP contribution in [-0.4, -0.2) is 31.8 Å². The molecule has 2 heterocycles. The van der Waals surface area contributed by atoms with Crippen LogP contribution in [0.5, 0.6) is 5.75 Å². The summed E-state index contributed by atoms with van der Waals surface area (Å²) >= 11 is 1.25. The number of fused-ring (bicyclic) bond motifs is 3. The van der Waals surface area contributed by atoms with Crippen molar-refractivity contribution in [1.82, 2.24) is 10.1 Å². The zero-order valence-corrected chi connectivity index (χ0v) is 17.7. The lowest BCUT2D eigenvalue weighted by Crippen LogP contribution is -2.60. The van der Waals surface area contributed by atoms with Crippen LogP contribution in [0.4, 0.5) is 11.4 Å². The van der Waals surface area contributed by atoms with E-state index in [2.05, 4.69) is 16.7 Å². The number of phenols is 1. The topological polar surface area (TPSA) is 133 Å². The molecule has 0 fully saturated rings. The Morgan fingerprint density at radius 2 is 2.16 bits per heavy atom. The van der Waals surface area contributed by atoms with E-state index in [4.69, 9.17) is 0 Å². The van der Waals surface area contributed by atoms with Crippen LogP contribution in [0.3, 0.4) is 0 Å². The monoisotopic (exact) mass is 452 g/mol. The van der Waals surface area contributed by atoms with Crippen molar-refractivity contribution in [1.29, 1.82) is 0 Å². The number of nitro benzene ring substituents is 1. The highest BCUT2D eigenvalue weighted by atomic mass is 32.2. The fourth-order valence-corrected chi connectivity index (χ4v) is 4.25. The molecule has 0 aliphatic carbocycles. The molecule has 0 radical (unpaired) electrons. The van der Waals surface area contributed by atoms with E-state index in [0.29, 0.717) is 27.7 Å². The summed E-state index contributed by atoms with van der Waals surface area (Å²) in [6.07, 6.45) is 0.675. The summed E-state index contributed by atoms with van der Waals surface area (Å²) < 4.78 is 1.39. The number of amides is 1. The van der Waals surface area contributed by atoms with E-state index in [0.717, 1.165) is 0 Å². The Labute approximate surface area is 186 Å². The smallest absolute Gasteiger partial charge is 0.325 e. The van der Waals surface area contributed by atoms with E-state index in [1.807, 2.05) is 0 Å². The lowest BCUT2D eigenvalue weighted by molar-refractivity contribution is -0.763. The first-order valence-electron chi connectivity index (χ1n) is 9.49. The molecule has 2 N–H and O–H groups in total. The van der Waals surface area contributed by atoms with Crippen molar-refractivity contribution in [2.24, 2.45) is 0 Å². The van der Waals surface area contributed by atoms with E-state index in [1.54, 1.807) is 30.3 Å². The first kappa shape index (κ1) is 21.2. The SMILES string of the molecule is C=CCSc1n[n+]2c(c(=O)[nH]1)-c1ccccc1N(C(C)=O)[C@H]2c1ccc(O)c([N+](=O)[O-])c1. The number of hydrogen-bond donors (Lipinski definition) is 2. The van der Waals surface area contributed by atoms with Crippen LogP contribution >= 0.6 is 11.8 Å².